The summed E-state index contributed by atoms with van der Waals surface area (Å²) in [7, 11) is 0. The molecule has 0 spiro atoms. The zero-order valence-electron chi connectivity index (χ0n) is 15.2. The average Bonchev–Trinajstić information content (AvgIpc) is 3.33. The lowest BCUT2D eigenvalue weighted by atomic mass is 9.88. The normalized spacial score (nSPS) is 16.9. The fourth-order valence-electron chi connectivity index (χ4n) is 2.52. The van der Waals surface area contributed by atoms with E-state index >= 15 is 0 Å². The number of nitrogens with one attached hydrogen (secondary N) is 2. The molecule has 26 heavy (non-hydrogen) atoms. The molecule has 0 saturated heterocycles. The number of hydrogen-bond acceptors (Lipinski definition) is 4. The molecule has 3 N–H and O–H groups in total. The first-order valence-electron chi connectivity index (χ1n) is 8.51. The van der Waals surface area contributed by atoms with Gasteiger partial charge in [-0.2, -0.15) is 5.26 Å². The van der Waals surface area contributed by atoms with Gasteiger partial charge in [-0.25, -0.2) is 4.79 Å². The summed E-state index contributed by atoms with van der Waals surface area (Å²) in [5.41, 5.74) is -0.432. The highest BCUT2D eigenvalue weighted by molar-refractivity contribution is 6.07. The molecule has 0 aromatic heterocycles. The van der Waals surface area contributed by atoms with Crippen LogP contribution in [-0.2, 0) is 4.79 Å². The van der Waals surface area contributed by atoms with Gasteiger partial charge < -0.3 is 10.4 Å². The van der Waals surface area contributed by atoms with Crippen molar-refractivity contribution in [2.45, 2.75) is 51.6 Å². The van der Waals surface area contributed by atoms with Gasteiger partial charge in [0.1, 0.15) is 17.4 Å². The third kappa shape index (κ3) is 5.59. The third-order valence-electron chi connectivity index (χ3n) is 3.99. The summed E-state index contributed by atoms with van der Waals surface area (Å²) >= 11 is 0. The van der Waals surface area contributed by atoms with Crippen LogP contribution in [0.4, 0.5) is 4.79 Å². The first-order chi connectivity index (χ1) is 12.1. The molecule has 2 amide bonds. The molecule has 1 aliphatic rings. The maximum absolute atomic E-state index is 12.7. The van der Waals surface area contributed by atoms with Crippen LogP contribution in [0.3, 0.4) is 0 Å². The smallest absolute Gasteiger partial charge is 0.410 e. The minimum atomic E-state index is -1.25. The van der Waals surface area contributed by atoms with E-state index in [4.69, 9.17) is 5.11 Å². The summed E-state index contributed by atoms with van der Waals surface area (Å²) in [6, 6.07) is 10.1. The van der Waals surface area contributed by atoms with Crippen LogP contribution in [0.1, 0.15) is 45.6 Å². The highest BCUT2D eigenvalue weighted by Gasteiger charge is 2.45. The number of carbonyl (C=O) groups excluding carboxylic acids is 1. The van der Waals surface area contributed by atoms with Gasteiger partial charge in [0.05, 0.1) is 6.07 Å². The fraction of sp³-hybridized carbons (Fsp3) is 0.474. The lowest BCUT2D eigenvalue weighted by Gasteiger charge is -2.24. The van der Waals surface area contributed by atoms with Crippen molar-refractivity contribution in [2.24, 2.45) is 10.4 Å². The van der Waals surface area contributed by atoms with Gasteiger partial charge in [0.25, 0.3) is 0 Å². The number of nitriles is 1. The van der Waals surface area contributed by atoms with Crippen LogP contribution in [0, 0.1) is 16.7 Å². The number of amides is 2. The predicted molar refractivity (Wildman–Crippen MR) is 97.7 cm³/mol. The summed E-state index contributed by atoms with van der Waals surface area (Å²) in [6.45, 7) is 5.94. The zero-order valence-corrected chi connectivity index (χ0v) is 15.2. The molecular formula is C19H24N4O3. The number of amidine groups is 1. The zero-order chi connectivity index (χ0) is 19.4. The van der Waals surface area contributed by atoms with E-state index in [1.165, 1.54) is 0 Å². The summed E-state index contributed by atoms with van der Waals surface area (Å²) in [5.74, 6) is -0.246. The standard InChI is InChI=1S/C19H24N4O3/c1-18(2,3)11-14(16(24)23-19(12-20)9-10-19)21-15(22-17(25)26)13-7-5-4-6-8-13/h4-8,14H,9-11H2,1-3H3,(H,21,22)(H,23,24)(H,25,26). The number of hydrogen-bond donors (Lipinski definition) is 3. The third-order valence-corrected chi connectivity index (χ3v) is 3.99. The maximum Gasteiger partial charge on any atom is 0.410 e. The molecule has 1 aromatic rings. The second-order valence-electron chi connectivity index (χ2n) is 7.74. The van der Waals surface area contributed by atoms with E-state index in [0.717, 1.165) is 0 Å². The highest BCUT2D eigenvalue weighted by atomic mass is 16.4. The summed E-state index contributed by atoms with van der Waals surface area (Å²) in [6.07, 6.45) is 0.413. The summed E-state index contributed by atoms with van der Waals surface area (Å²) in [4.78, 5) is 28.3. The largest absolute Gasteiger partial charge is 0.465 e. The van der Waals surface area contributed by atoms with Crippen LogP contribution in [0.2, 0.25) is 0 Å². The van der Waals surface area contributed by atoms with E-state index in [1.54, 1.807) is 24.3 Å². The number of aliphatic imine (C=N–C) groups is 1. The molecule has 0 bridgehead atoms. The quantitative estimate of drug-likeness (QED) is 0.556. The van der Waals surface area contributed by atoms with Gasteiger partial charge in [-0.15, -0.1) is 0 Å². The molecule has 1 aromatic carbocycles. The molecule has 138 valence electrons. The van der Waals surface area contributed by atoms with Crippen LogP contribution in [0.25, 0.3) is 0 Å². The Hall–Kier alpha value is -2.88. The molecule has 1 saturated carbocycles. The molecule has 1 unspecified atom stereocenters. The van der Waals surface area contributed by atoms with Gasteiger partial charge in [0.15, 0.2) is 0 Å². The van der Waals surface area contributed by atoms with Gasteiger partial charge >= 0.3 is 6.09 Å². The molecule has 1 fully saturated rings. The number of rotatable bonds is 5. The number of carbonyl (C=O) groups is 2. The van der Waals surface area contributed by atoms with E-state index in [2.05, 4.69) is 21.7 Å². The van der Waals surface area contributed by atoms with E-state index < -0.39 is 17.7 Å². The highest BCUT2D eigenvalue weighted by Crippen LogP contribution is 2.35. The predicted octanol–water partition coefficient (Wildman–Crippen LogP) is 2.68. The van der Waals surface area contributed by atoms with Crippen molar-refractivity contribution in [3.63, 3.8) is 0 Å². The summed E-state index contributed by atoms with van der Waals surface area (Å²) < 4.78 is 0. The first kappa shape index (κ1) is 19.4. The molecule has 2 rings (SSSR count). The van der Waals surface area contributed by atoms with Crippen LogP contribution in [0.5, 0.6) is 0 Å². The van der Waals surface area contributed by atoms with Gasteiger partial charge in [0, 0.05) is 5.56 Å². The lowest BCUT2D eigenvalue weighted by molar-refractivity contribution is -0.123. The Bertz CT molecular complexity index is 740. The second kappa shape index (κ2) is 7.56. The molecule has 7 nitrogen and oxygen atoms in total. The Morgan fingerprint density at radius 3 is 2.38 bits per heavy atom. The number of nitrogens with zero attached hydrogens (tertiary/aromatic N) is 2. The molecule has 0 radical (unpaired) electrons. The van der Waals surface area contributed by atoms with Crippen molar-refractivity contribution >= 4 is 17.8 Å². The number of carboxylic acid groups (broad SMARTS) is 1. The van der Waals surface area contributed by atoms with Crippen LogP contribution in [0.15, 0.2) is 35.3 Å². The minimum absolute atomic E-state index is 0.115. The van der Waals surface area contributed by atoms with Gasteiger partial charge in [-0.1, -0.05) is 51.1 Å². The second-order valence-corrected chi connectivity index (χ2v) is 7.74. The Morgan fingerprint density at radius 1 is 1.31 bits per heavy atom. The van der Waals surface area contributed by atoms with E-state index in [9.17, 15) is 14.9 Å². The van der Waals surface area contributed by atoms with E-state index in [-0.39, 0.29) is 17.2 Å². The first-order valence-corrected chi connectivity index (χ1v) is 8.51. The SMILES string of the molecule is CC(C)(C)CC(N=C(NC(=O)O)c1ccccc1)C(=O)NC1(C#N)CC1. The fourth-order valence-corrected chi connectivity index (χ4v) is 2.52. The van der Waals surface area contributed by atoms with E-state index in [1.807, 2.05) is 26.8 Å². The van der Waals surface area contributed by atoms with Crippen molar-refractivity contribution in [1.29, 1.82) is 5.26 Å². The van der Waals surface area contributed by atoms with Crippen molar-refractivity contribution in [1.82, 2.24) is 10.6 Å². The van der Waals surface area contributed by atoms with Crippen molar-refractivity contribution in [2.75, 3.05) is 0 Å². The Balaban J connectivity index is 2.34. The van der Waals surface area contributed by atoms with Gasteiger partial charge in [0.2, 0.25) is 5.91 Å². The molecule has 1 aliphatic carbocycles. The Kier molecular flexibility index (Phi) is 5.66. The van der Waals surface area contributed by atoms with Crippen molar-refractivity contribution in [3.8, 4) is 6.07 Å². The average molecular weight is 356 g/mol. The topological polar surface area (TPSA) is 115 Å². The van der Waals surface area contributed by atoms with Crippen LogP contribution in [-0.4, -0.2) is 34.5 Å². The molecule has 0 aliphatic heterocycles. The molecule has 0 heterocycles. The molecule has 1 atom stereocenters. The van der Waals surface area contributed by atoms with Gasteiger partial charge in [-0.3, -0.25) is 15.1 Å². The van der Waals surface area contributed by atoms with Gasteiger partial charge in [-0.05, 0) is 24.7 Å². The maximum atomic E-state index is 12.7. The Morgan fingerprint density at radius 2 is 1.92 bits per heavy atom. The van der Waals surface area contributed by atoms with Crippen molar-refractivity contribution in [3.05, 3.63) is 35.9 Å². The van der Waals surface area contributed by atoms with Crippen LogP contribution < -0.4 is 10.6 Å². The minimum Gasteiger partial charge on any atom is -0.465 e. The monoisotopic (exact) mass is 356 g/mol. The molecular weight excluding hydrogens is 332 g/mol. The van der Waals surface area contributed by atoms with Crippen molar-refractivity contribution < 1.29 is 14.7 Å². The summed E-state index contributed by atoms with van der Waals surface area (Å²) in [5, 5.41) is 23.4. The number of benzene rings is 1. The Labute approximate surface area is 153 Å². The van der Waals surface area contributed by atoms with Crippen LogP contribution >= 0.6 is 0 Å². The van der Waals surface area contributed by atoms with E-state index in [0.29, 0.717) is 24.8 Å². The lowest BCUT2D eigenvalue weighted by Crippen LogP contribution is -2.44. The molecule has 7 heteroatoms.